The van der Waals surface area contributed by atoms with Gasteiger partial charge in [-0.25, -0.2) is 9.97 Å². The lowest BCUT2D eigenvalue weighted by Gasteiger charge is -2.33. The maximum atomic E-state index is 5.94. The van der Waals surface area contributed by atoms with Gasteiger partial charge in [-0.05, 0) is 33.0 Å². The molecule has 1 fully saturated rings. The summed E-state index contributed by atoms with van der Waals surface area (Å²) in [5.41, 5.74) is 0.907. The van der Waals surface area contributed by atoms with E-state index in [1.165, 1.54) is 0 Å². The number of ether oxygens (including phenoxy) is 1. The third kappa shape index (κ3) is 3.33. The van der Waals surface area contributed by atoms with Gasteiger partial charge in [-0.15, -0.1) is 0 Å². The summed E-state index contributed by atoms with van der Waals surface area (Å²) >= 11 is 0. The predicted molar refractivity (Wildman–Crippen MR) is 83.6 cm³/mol. The monoisotopic (exact) mass is 289 g/mol. The van der Waals surface area contributed by atoms with Crippen LogP contribution in [0.1, 0.15) is 12.8 Å². The Labute approximate surface area is 125 Å². The average Bonchev–Trinajstić information content (AvgIpc) is 2.96. The highest BCUT2D eigenvalue weighted by molar-refractivity contribution is 5.87. The number of nitrogens with zero attached hydrogens (tertiary/aromatic N) is 4. The van der Waals surface area contributed by atoms with Gasteiger partial charge in [0.2, 0.25) is 0 Å². The maximum Gasteiger partial charge on any atom is 0.142 e. The van der Waals surface area contributed by atoms with E-state index < -0.39 is 0 Å². The van der Waals surface area contributed by atoms with Gasteiger partial charge in [0.25, 0.3) is 0 Å². The van der Waals surface area contributed by atoms with Gasteiger partial charge in [0.1, 0.15) is 17.8 Å². The topological polar surface area (TPSA) is 57.3 Å². The molecule has 21 heavy (non-hydrogen) atoms. The van der Waals surface area contributed by atoms with Crippen molar-refractivity contribution in [1.29, 1.82) is 0 Å². The van der Waals surface area contributed by atoms with Crippen LogP contribution in [0.3, 0.4) is 0 Å². The minimum atomic E-state index is 0.379. The van der Waals surface area contributed by atoms with Gasteiger partial charge in [-0.1, -0.05) is 0 Å². The molecule has 3 rings (SSSR count). The number of aromatic nitrogens is 3. The number of H-pyrrole nitrogens is 1. The van der Waals surface area contributed by atoms with Crippen LogP contribution in [0.15, 0.2) is 18.6 Å². The molecule has 0 atom stereocenters. The van der Waals surface area contributed by atoms with Crippen molar-refractivity contribution in [3.05, 3.63) is 18.6 Å². The van der Waals surface area contributed by atoms with Crippen molar-refractivity contribution < 1.29 is 4.74 Å². The number of hydrogen-bond acceptors (Lipinski definition) is 5. The Hall–Kier alpha value is -1.66. The lowest BCUT2D eigenvalue weighted by atomic mass is 10.1. The second-order valence-electron chi connectivity index (χ2n) is 5.80. The summed E-state index contributed by atoms with van der Waals surface area (Å²) in [5, 5.41) is 1.10. The van der Waals surface area contributed by atoms with Crippen molar-refractivity contribution in [2.24, 2.45) is 0 Å². The molecule has 0 aromatic carbocycles. The summed E-state index contributed by atoms with van der Waals surface area (Å²) in [5.74, 6) is 1.04. The van der Waals surface area contributed by atoms with Crippen LogP contribution in [0, 0.1) is 0 Å². The van der Waals surface area contributed by atoms with E-state index in [2.05, 4.69) is 38.8 Å². The molecular weight excluding hydrogens is 266 g/mol. The van der Waals surface area contributed by atoms with Gasteiger partial charge in [0.15, 0.2) is 0 Å². The molecule has 0 unspecified atom stereocenters. The van der Waals surface area contributed by atoms with E-state index in [0.717, 1.165) is 55.9 Å². The predicted octanol–water partition coefficient (Wildman–Crippen LogP) is 1.50. The van der Waals surface area contributed by atoms with E-state index in [-0.39, 0.29) is 0 Å². The van der Waals surface area contributed by atoms with E-state index in [0.29, 0.717) is 6.10 Å². The lowest BCUT2D eigenvalue weighted by Crippen LogP contribution is -2.38. The number of anilines is 1. The normalized spacial score (nSPS) is 17.0. The van der Waals surface area contributed by atoms with Gasteiger partial charge >= 0.3 is 0 Å². The van der Waals surface area contributed by atoms with Gasteiger partial charge in [-0.3, -0.25) is 0 Å². The van der Waals surface area contributed by atoms with E-state index in [9.17, 15) is 0 Å². The van der Waals surface area contributed by atoms with Crippen molar-refractivity contribution in [3.8, 4) is 0 Å². The first-order valence-electron chi connectivity index (χ1n) is 7.53. The van der Waals surface area contributed by atoms with E-state index in [1.807, 2.05) is 12.3 Å². The highest BCUT2D eigenvalue weighted by atomic mass is 16.5. The maximum absolute atomic E-state index is 5.94. The SMILES string of the molecule is CN(C)CCOC1CCN(c2ncnc3[nH]ccc23)CC1. The standard InChI is InChI=1S/C15H23N5O/c1-19(2)9-10-21-12-4-7-20(8-5-12)15-13-3-6-16-14(13)17-11-18-15/h3,6,11-12H,4-5,7-10H2,1-2H3,(H,16,17,18). The molecular formula is C15H23N5O. The fourth-order valence-electron chi connectivity index (χ4n) is 2.75. The summed E-state index contributed by atoms with van der Waals surface area (Å²) in [6.07, 6.45) is 6.05. The minimum absolute atomic E-state index is 0.379. The molecule has 6 nitrogen and oxygen atoms in total. The van der Waals surface area contributed by atoms with Gasteiger partial charge < -0.3 is 19.5 Å². The van der Waals surface area contributed by atoms with Crippen LogP contribution in [0.4, 0.5) is 5.82 Å². The summed E-state index contributed by atoms with van der Waals surface area (Å²) in [6.45, 7) is 3.77. The molecule has 1 aliphatic rings. The summed E-state index contributed by atoms with van der Waals surface area (Å²) in [7, 11) is 4.15. The van der Waals surface area contributed by atoms with Crippen LogP contribution in [0.5, 0.6) is 0 Å². The summed E-state index contributed by atoms with van der Waals surface area (Å²) in [6, 6.07) is 2.05. The summed E-state index contributed by atoms with van der Waals surface area (Å²) < 4.78 is 5.94. The van der Waals surface area contributed by atoms with Crippen molar-refractivity contribution in [2.75, 3.05) is 45.2 Å². The molecule has 0 radical (unpaired) electrons. The van der Waals surface area contributed by atoms with Gasteiger partial charge in [0.05, 0.1) is 18.1 Å². The zero-order chi connectivity index (χ0) is 14.7. The first kappa shape index (κ1) is 14.3. The largest absolute Gasteiger partial charge is 0.377 e. The van der Waals surface area contributed by atoms with Crippen LogP contribution >= 0.6 is 0 Å². The summed E-state index contributed by atoms with van der Waals surface area (Å²) in [4.78, 5) is 16.3. The first-order chi connectivity index (χ1) is 10.2. The number of rotatable bonds is 5. The molecule has 3 heterocycles. The van der Waals surface area contributed by atoms with Gasteiger partial charge in [0, 0.05) is 25.8 Å². The molecule has 114 valence electrons. The van der Waals surface area contributed by atoms with Crippen LogP contribution in [-0.2, 0) is 4.74 Å². The highest BCUT2D eigenvalue weighted by Crippen LogP contribution is 2.25. The van der Waals surface area contributed by atoms with E-state index >= 15 is 0 Å². The molecule has 1 saturated heterocycles. The van der Waals surface area contributed by atoms with Gasteiger partial charge in [-0.2, -0.15) is 0 Å². The van der Waals surface area contributed by atoms with E-state index in [4.69, 9.17) is 4.74 Å². The van der Waals surface area contributed by atoms with Crippen LogP contribution < -0.4 is 4.90 Å². The van der Waals surface area contributed by atoms with Crippen molar-refractivity contribution in [2.45, 2.75) is 18.9 Å². The molecule has 0 aliphatic carbocycles. The number of hydrogen-bond donors (Lipinski definition) is 1. The molecule has 0 bridgehead atoms. The number of likely N-dealkylation sites (N-methyl/N-ethyl adjacent to an activating group) is 1. The second kappa shape index (κ2) is 6.41. The molecule has 2 aromatic heterocycles. The highest BCUT2D eigenvalue weighted by Gasteiger charge is 2.22. The zero-order valence-corrected chi connectivity index (χ0v) is 12.7. The number of nitrogens with one attached hydrogen (secondary N) is 1. The third-order valence-electron chi connectivity index (χ3n) is 3.97. The molecule has 1 N–H and O–H groups in total. The Balaban J connectivity index is 1.57. The zero-order valence-electron chi connectivity index (χ0n) is 12.7. The Bertz CT molecular complexity index is 574. The smallest absolute Gasteiger partial charge is 0.142 e. The molecule has 6 heteroatoms. The fraction of sp³-hybridized carbons (Fsp3) is 0.600. The Morgan fingerprint density at radius 1 is 1.33 bits per heavy atom. The van der Waals surface area contributed by atoms with E-state index in [1.54, 1.807) is 6.33 Å². The van der Waals surface area contributed by atoms with Crippen molar-refractivity contribution in [1.82, 2.24) is 19.9 Å². The van der Waals surface area contributed by atoms with Crippen molar-refractivity contribution >= 4 is 16.9 Å². The van der Waals surface area contributed by atoms with Crippen molar-refractivity contribution in [3.63, 3.8) is 0 Å². The molecule has 2 aromatic rings. The number of fused-ring (bicyclic) bond motifs is 1. The van der Waals surface area contributed by atoms with Crippen LogP contribution in [0.25, 0.3) is 11.0 Å². The Kier molecular flexibility index (Phi) is 4.36. The molecule has 0 amide bonds. The minimum Gasteiger partial charge on any atom is -0.377 e. The second-order valence-corrected chi connectivity index (χ2v) is 5.80. The first-order valence-corrected chi connectivity index (χ1v) is 7.53. The molecule has 1 aliphatic heterocycles. The molecule has 0 spiro atoms. The number of piperidine rings is 1. The molecule has 0 saturated carbocycles. The average molecular weight is 289 g/mol. The fourth-order valence-corrected chi connectivity index (χ4v) is 2.75. The Morgan fingerprint density at radius 3 is 2.90 bits per heavy atom. The van der Waals surface area contributed by atoms with Crippen LogP contribution in [-0.4, -0.2) is 66.3 Å². The van der Waals surface area contributed by atoms with Crippen LogP contribution in [0.2, 0.25) is 0 Å². The number of aromatic amines is 1. The third-order valence-corrected chi connectivity index (χ3v) is 3.97. The quantitative estimate of drug-likeness (QED) is 0.904. The Morgan fingerprint density at radius 2 is 2.14 bits per heavy atom. The lowest BCUT2D eigenvalue weighted by molar-refractivity contribution is 0.0294.